The van der Waals surface area contributed by atoms with Gasteiger partial charge in [-0.25, -0.2) is 4.99 Å². The number of carbonyl (C=O) groups excluding carboxylic acids is 1. The first-order chi connectivity index (χ1) is 4.20. The molecule has 0 bridgehead atoms. The van der Waals surface area contributed by atoms with Gasteiger partial charge in [0.15, 0.2) is 0 Å². The molecule has 0 radical (unpaired) electrons. The van der Waals surface area contributed by atoms with Crippen LogP contribution in [0.4, 0.5) is 0 Å². The minimum atomic E-state index is -0.220. The molecule has 1 rings (SSSR count). The van der Waals surface area contributed by atoms with Gasteiger partial charge in [-0.05, 0) is 6.92 Å². The van der Waals surface area contributed by atoms with Crippen LogP contribution in [0.25, 0.3) is 0 Å². The molecule has 0 saturated carbocycles. The second-order valence-electron chi connectivity index (χ2n) is 1.88. The first kappa shape index (κ1) is 5.94. The Hall–Kier alpha value is -1.19. The summed E-state index contributed by atoms with van der Waals surface area (Å²) in [6, 6.07) is 0. The number of nitrogens with zero attached hydrogens (tertiary/aromatic N) is 2. The van der Waals surface area contributed by atoms with Gasteiger partial charge in [0.05, 0.1) is 5.92 Å². The van der Waals surface area contributed by atoms with Crippen LogP contribution in [0.15, 0.2) is 9.98 Å². The third kappa shape index (κ3) is 1.13. The third-order valence-electron chi connectivity index (χ3n) is 1.04. The largest absolute Gasteiger partial charge is 0.368 e. The van der Waals surface area contributed by atoms with Crippen LogP contribution in [0.2, 0.25) is 0 Å². The average molecular weight is 125 g/mol. The van der Waals surface area contributed by atoms with E-state index in [1.165, 1.54) is 6.21 Å². The summed E-state index contributed by atoms with van der Waals surface area (Å²) in [5.74, 6) is -0.377. The van der Waals surface area contributed by atoms with Gasteiger partial charge in [0.1, 0.15) is 0 Å². The van der Waals surface area contributed by atoms with Crippen molar-refractivity contribution >= 4 is 18.1 Å². The molecule has 4 nitrogen and oxygen atoms in total. The van der Waals surface area contributed by atoms with Gasteiger partial charge in [-0.15, -0.1) is 0 Å². The van der Waals surface area contributed by atoms with Crippen molar-refractivity contribution in [2.24, 2.45) is 21.6 Å². The minimum Gasteiger partial charge on any atom is -0.368 e. The zero-order chi connectivity index (χ0) is 6.85. The minimum absolute atomic E-state index is 0.0538. The summed E-state index contributed by atoms with van der Waals surface area (Å²) in [4.78, 5) is 17.7. The highest BCUT2D eigenvalue weighted by atomic mass is 16.1. The lowest BCUT2D eigenvalue weighted by Gasteiger charge is -2.03. The Morgan fingerprint density at radius 3 is 2.89 bits per heavy atom. The Kier molecular flexibility index (Phi) is 1.30. The van der Waals surface area contributed by atoms with E-state index in [0.29, 0.717) is 0 Å². The molecular formula is C5H7N3O. The molecule has 1 amide bonds. The fourth-order valence-corrected chi connectivity index (χ4v) is 0.496. The van der Waals surface area contributed by atoms with Gasteiger partial charge < -0.3 is 5.73 Å². The van der Waals surface area contributed by atoms with Crippen molar-refractivity contribution < 1.29 is 4.79 Å². The van der Waals surface area contributed by atoms with Crippen LogP contribution in [0.5, 0.6) is 0 Å². The summed E-state index contributed by atoms with van der Waals surface area (Å²) in [6.45, 7) is 1.72. The molecular weight excluding hydrogens is 118 g/mol. The van der Waals surface area contributed by atoms with Crippen LogP contribution >= 0.6 is 0 Å². The van der Waals surface area contributed by atoms with Crippen molar-refractivity contribution in [1.82, 2.24) is 0 Å². The molecule has 1 aliphatic rings. The average Bonchev–Trinajstić information content (AvgIpc) is 1.80. The Labute approximate surface area is 52.5 Å². The molecule has 1 atom stereocenters. The van der Waals surface area contributed by atoms with Crippen LogP contribution in [0, 0.1) is 5.92 Å². The highest BCUT2D eigenvalue weighted by Gasteiger charge is 2.12. The van der Waals surface area contributed by atoms with E-state index in [4.69, 9.17) is 5.73 Å². The highest BCUT2D eigenvalue weighted by Crippen LogP contribution is 1.98. The molecule has 1 aliphatic heterocycles. The van der Waals surface area contributed by atoms with Crippen molar-refractivity contribution in [3.8, 4) is 0 Å². The number of hydrogen-bond acceptors (Lipinski definition) is 3. The van der Waals surface area contributed by atoms with Crippen LogP contribution in [0.3, 0.4) is 0 Å². The Morgan fingerprint density at radius 2 is 2.44 bits per heavy atom. The van der Waals surface area contributed by atoms with E-state index in [9.17, 15) is 4.79 Å². The van der Waals surface area contributed by atoms with Crippen molar-refractivity contribution in [3.63, 3.8) is 0 Å². The summed E-state index contributed by atoms with van der Waals surface area (Å²) in [6.07, 6.45) is 1.49. The quantitative estimate of drug-likeness (QED) is 0.476. The maximum atomic E-state index is 10.6. The summed E-state index contributed by atoms with van der Waals surface area (Å²) < 4.78 is 0. The number of amides is 1. The van der Waals surface area contributed by atoms with E-state index < -0.39 is 0 Å². The van der Waals surface area contributed by atoms with Crippen LogP contribution in [0.1, 0.15) is 6.92 Å². The third-order valence-corrected chi connectivity index (χ3v) is 1.04. The molecule has 1 unspecified atom stereocenters. The maximum absolute atomic E-state index is 10.6. The summed E-state index contributed by atoms with van der Waals surface area (Å²) in [7, 11) is 0. The summed E-state index contributed by atoms with van der Waals surface area (Å²) in [5.41, 5.74) is 5.12. The maximum Gasteiger partial charge on any atom is 0.257 e. The van der Waals surface area contributed by atoms with Gasteiger partial charge in [0, 0.05) is 6.21 Å². The molecule has 2 N–H and O–H groups in total. The van der Waals surface area contributed by atoms with E-state index in [0.717, 1.165) is 0 Å². The SMILES string of the molecule is CC1C=NC(N)=NC1=O. The Bertz CT molecular complexity index is 194. The Morgan fingerprint density at radius 1 is 1.78 bits per heavy atom. The topological polar surface area (TPSA) is 67.8 Å². The fourth-order valence-electron chi connectivity index (χ4n) is 0.496. The lowest BCUT2D eigenvalue weighted by Crippen LogP contribution is -2.22. The molecule has 0 aromatic rings. The monoisotopic (exact) mass is 125 g/mol. The predicted molar refractivity (Wildman–Crippen MR) is 34.3 cm³/mol. The molecule has 0 aromatic heterocycles. The number of aliphatic imine (C=N–C) groups is 2. The van der Waals surface area contributed by atoms with Gasteiger partial charge in [-0.3, -0.25) is 4.79 Å². The number of nitrogens with two attached hydrogens (primary N) is 1. The van der Waals surface area contributed by atoms with Gasteiger partial charge in [-0.2, -0.15) is 4.99 Å². The lowest BCUT2D eigenvalue weighted by atomic mass is 10.2. The highest BCUT2D eigenvalue weighted by molar-refractivity contribution is 6.07. The van der Waals surface area contributed by atoms with Crippen LogP contribution < -0.4 is 5.73 Å². The zero-order valence-corrected chi connectivity index (χ0v) is 5.03. The van der Waals surface area contributed by atoms with Crippen LogP contribution in [-0.4, -0.2) is 18.1 Å². The first-order valence-corrected chi connectivity index (χ1v) is 2.62. The molecule has 4 heteroatoms. The molecule has 0 aromatic carbocycles. The van der Waals surface area contributed by atoms with Gasteiger partial charge in [-0.1, -0.05) is 0 Å². The number of rotatable bonds is 0. The van der Waals surface area contributed by atoms with Gasteiger partial charge >= 0.3 is 0 Å². The predicted octanol–water partition coefficient (Wildman–Crippen LogP) is -0.452. The normalized spacial score (nSPS) is 26.1. The number of hydrogen-bond donors (Lipinski definition) is 1. The number of guanidine groups is 1. The molecule has 9 heavy (non-hydrogen) atoms. The number of carbonyl (C=O) groups is 1. The fraction of sp³-hybridized carbons (Fsp3) is 0.400. The first-order valence-electron chi connectivity index (χ1n) is 2.62. The van der Waals surface area contributed by atoms with Crippen molar-refractivity contribution in [2.75, 3.05) is 0 Å². The molecule has 48 valence electrons. The van der Waals surface area contributed by atoms with Gasteiger partial charge in [0.2, 0.25) is 5.96 Å². The lowest BCUT2D eigenvalue weighted by molar-refractivity contribution is -0.119. The molecule has 0 fully saturated rings. The molecule has 0 spiro atoms. The van der Waals surface area contributed by atoms with Crippen molar-refractivity contribution in [3.05, 3.63) is 0 Å². The van der Waals surface area contributed by atoms with Gasteiger partial charge in [0.25, 0.3) is 5.91 Å². The second-order valence-corrected chi connectivity index (χ2v) is 1.88. The van der Waals surface area contributed by atoms with E-state index in [1.807, 2.05) is 0 Å². The zero-order valence-electron chi connectivity index (χ0n) is 5.03. The second kappa shape index (κ2) is 1.97. The molecule has 1 heterocycles. The van der Waals surface area contributed by atoms with E-state index in [2.05, 4.69) is 9.98 Å². The molecule has 0 saturated heterocycles. The van der Waals surface area contributed by atoms with E-state index >= 15 is 0 Å². The molecule has 0 aliphatic carbocycles. The van der Waals surface area contributed by atoms with Crippen molar-refractivity contribution in [1.29, 1.82) is 0 Å². The van der Waals surface area contributed by atoms with E-state index in [1.54, 1.807) is 6.92 Å². The van der Waals surface area contributed by atoms with E-state index in [-0.39, 0.29) is 17.8 Å². The summed E-state index contributed by atoms with van der Waals surface area (Å²) in [5, 5.41) is 0. The standard InChI is InChI=1S/C5H7N3O/c1-3-2-7-5(6)8-4(3)9/h2-3H,1H3,(H2,6,8,9). The summed E-state index contributed by atoms with van der Waals surface area (Å²) >= 11 is 0. The smallest absolute Gasteiger partial charge is 0.257 e. The van der Waals surface area contributed by atoms with Crippen molar-refractivity contribution in [2.45, 2.75) is 6.92 Å². The van der Waals surface area contributed by atoms with Crippen LogP contribution in [-0.2, 0) is 4.79 Å². The Balaban J connectivity index is 2.82.